The molecule has 20 heavy (non-hydrogen) atoms. The van der Waals surface area contributed by atoms with Gasteiger partial charge in [0.25, 0.3) is 0 Å². The maximum absolute atomic E-state index is 12.0. The highest BCUT2D eigenvalue weighted by Crippen LogP contribution is 2.27. The molecule has 0 radical (unpaired) electrons. The van der Waals surface area contributed by atoms with Crippen molar-refractivity contribution in [3.05, 3.63) is 28.2 Å². The first-order valence-corrected chi connectivity index (χ1v) is 7.55. The molecule has 2 aliphatic rings. The fourth-order valence-electron chi connectivity index (χ4n) is 3.06. The lowest BCUT2D eigenvalue weighted by Crippen LogP contribution is -2.33. The van der Waals surface area contributed by atoms with Crippen LogP contribution >= 0.6 is 23.2 Å². The van der Waals surface area contributed by atoms with Crippen molar-refractivity contribution in [2.24, 2.45) is 11.8 Å². The minimum atomic E-state index is -0.00341. The van der Waals surface area contributed by atoms with Gasteiger partial charge in [-0.05, 0) is 43.1 Å². The van der Waals surface area contributed by atoms with Gasteiger partial charge in [0, 0.05) is 18.8 Å². The van der Waals surface area contributed by atoms with Gasteiger partial charge in [0.05, 0.1) is 16.6 Å². The standard InChI is InChI=1S/C14H17Cl2N3O/c15-12-2-1-11(3-13(12)16)18-14(20)8-19-6-9-4-17-5-10(9)7-19/h1-3,9-10,17H,4-8H2,(H,18,20)/t9-,10+. The first kappa shape index (κ1) is 14.1. The van der Waals surface area contributed by atoms with E-state index >= 15 is 0 Å². The Hall–Kier alpha value is -0.810. The SMILES string of the molecule is O=C(CN1C[C@H]2CNC[C@H]2C1)Nc1ccc(Cl)c(Cl)c1. The summed E-state index contributed by atoms with van der Waals surface area (Å²) in [6.45, 7) is 4.61. The second-order valence-electron chi connectivity index (χ2n) is 5.55. The van der Waals surface area contributed by atoms with E-state index in [2.05, 4.69) is 15.5 Å². The van der Waals surface area contributed by atoms with E-state index in [4.69, 9.17) is 23.2 Å². The van der Waals surface area contributed by atoms with Crippen molar-refractivity contribution in [3.63, 3.8) is 0 Å². The van der Waals surface area contributed by atoms with Crippen LogP contribution in [-0.2, 0) is 4.79 Å². The van der Waals surface area contributed by atoms with Crippen LogP contribution in [0.3, 0.4) is 0 Å². The average molecular weight is 314 g/mol. The Morgan fingerprint density at radius 1 is 1.25 bits per heavy atom. The zero-order valence-electron chi connectivity index (χ0n) is 11.0. The molecule has 2 N–H and O–H groups in total. The van der Waals surface area contributed by atoms with E-state index in [1.165, 1.54) is 0 Å². The Labute approximate surface area is 128 Å². The fourth-order valence-corrected chi connectivity index (χ4v) is 3.36. The highest BCUT2D eigenvalue weighted by Gasteiger charge is 2.36. The van der Waals surface area contributed by atoms with E-state index in [0.717, 1.165) is 26.2 Å². The number of anilines is 1. The van der Waals surface area contributed by atoms with Crippen molar-refractivity contribution in [3.8, 4) is 0 Å². The van der Waals surface area contributed by atoms with E-state index in [9.17, 15) is 4.79 Å². The number of hydrogen-bond donors (Lipinski definition) is 2. The van der Waals surface area contributed by atoms with Crippen LogP contribution in [0, 0.1) is 11.8 Å². The summed E-state index contributed by atoms with van der Waals surface area (Å²) in [4.78, 5) is 14.3. The number of rotatable bonds is 3. The number of carbonyl (C=O) groups is 1. The van der Waals surface area contributed by atoms with E-state index in [0.29, 0.717) is 34.1 Å². The van der Waals surface area contributed by atoms with Crippen LogP contribution in [0.2, 0.25) is 10.0 Å². The lowest BCUT2D eigenvalue weighted by Gasteiger charge is -2.16. The molecule has 0 aliphatic carbocycles. The van der Waals surface area contributed by atoms with E-state index in [1.54, 1.807) is 18.2 Å². The molecular weight excluding hydrogens is 297 g/mol. The fraction of sp³-hybridized carbons (Fsp3) is 0.500. The van der Waals surface area contributed by atoms with Crippen molar-refractivity contribution in [2.45, 2.75) is 0 Å². The van der Waals surface area contributed by atoms with E-state index < -0.39 is 0 Å². The lowest BCUT2D eigenvalue weighted by molar-refractivity contribution is -0.117. The Morgan fingerprint density at radius 2 is 1.95 bits per heavy atom. The highest BCUT2D eigenvalue weighted by molar-refractivity contribution is 6.42. The molecule has 6 heteroatoms. The largest absolute Gasteiger partial charge is 0.325 e. The normalized spacial score (nSPS) is 25.7. The summed E-state index contributed by atoms with van der Waals surface area (Å²) in [5.41, 5.74) is 0.686. The maximum Gasteiger partial charge on any atom is 0.238 e. The number of halogens is 2. The molecule has 2 saturated heterocycles. The predicted octanol–water partition coefficient (Wildman–Crippen LogP) is 2.08. The number of benzene rings is 1. The number of carbonyl (C=O) groups excluding carboxylic acids is 1. The minimum Gasteiger partial charge on any atom is -0.325 e. The third-order valence-corrected chi connectivity index (χ3v) is 4.77. The molecule has 1 amide bonds. The van der Waals surface area contributed by atoms with Gasteiger partial charge in [-0.3, -0.25) is 9.69 Å². The Bertz CT molecular complexity index is 511. The number of nitrogens with one attached hydrogen (secondary N) is 2. The van der Waals surface area contributed by atoms with Crippen LogP contribution in [-0.4, -0.2) is 43.5 Å². The molecule has 2 fully saturated rings. The molecule has 1 aromatic rings. The number of amides is 1. The lowest BCUT2D eigenvalue weighted by atomic mass is 10.0. The van der Waals surface area contributed by atoms with Gasteiger partial charge in [0.1, 0.15) is 0 Å². The highest BCUT2D eigenvalue weighted by atomic mass is 35.5. The Kier molecular flexibility index (Phi) is 4.17. The van der Waals surface area contributed by atoms with Crippen molar-refractivity contribution >= 4 is 34.8 Å². The topological polar surface area (TPSA) is 44.4 Å². The van der Waals surface area contributed by atoms with Gasteiger partial charge in [-0.1, -0.05) is 23.2 Å². The molecule has 0 unspecified atom stereocenters. The van der Waals surface area contributed by atoms with Gasteiger partial charge in [0.15, 0.2) is 0 Å². The van der Waals surface area contributed by atoms with Crippen LogP contribution < -0.4 is 10.6 Å². The molecule has 0 saturated carbocycles. The second-order valence-corrected chi connectivity index (χ2v) is 6.36. The molecule has 2 aliphatic heterocycles. The summed E-state index contributed by atoms with van der Waals surface area (Å²) >= 11 is 11.8. The van der Waals surface area contributed by atoms with Crippen molar-refractivity contribution in [1.82, 2.24) is 10.2 Å². The van der Waals surface area contributed by atoms with E-state index in [-0.39, 0.29) is 5.91 Å². The Balaban J connectivity index is 1.53. The van der Waals surface area contributed by atoms with Gasteiger partial charge >= 0.3 is 0 Å². The third kappa shape index (κ3) is 3.09. The zero-order valence-corrected chi connectivity index (χ0v) is 12.5. The zero-order chi connectivity index (χ0) is 14.1. The number of hydrogen-bond acceptors (Lipinski definition) is 3. The second kappa shape index (κ2) is 5.90. The first-order valence-electron chi connectivity index (χ1n) is 6.80. The summed E-state index contributed by atoms with van der Waals surface area (Å²) in [6, 6.07) is 5.12. The van der Waals surface area contributed by atoms with Gasteiger partial charge in [0.2, 0.25) is 5.91 Å². The van der Waals surface area contributed by atoms with Crippen molar-refractivity contribution < 1.29 is 4.79 Å². The molecular formula is C14H17Cl2N3O. The first-order chi connectivity index (χ1) is 9.61. The molecule has 0 aromatic heterocycles. The van der Waals surface area contributed by atoms with Crippen LogP contribution in [0.15, 0.2) is 18.2 Å². The average Bonchev–Trinajstić information content (AvgIpc) is 2.94. The Morgan fingerprint density at radius 3 is 2.60 bits per heavy atom. The summed E-state index contributed by atoms with van der Waals surface area (Å²) in [5, 5.41) is 7.20. The monoisotopic (exact) mass is 313 g/mol. The molecule has 0 spiro atoms. The van der Waals surface area contributed by atoms with Crippen LogP contribution in [0.1, 0.15) is 0 Å². The third-order valence-electron chi connectivity index (χ3n) is 4.04. The van der Waals surface area contributed by atoms with Crippen molar-refractivity contribution in [2.75, 3.05) is 38.0 Å². The molecule has 3 rings (SSSR count). The number of fused-ring (bicyclic) bond motifs is 1. The molecule has 4 nitrogen and oxygen atoms in total. The van der Waals surface area contributed by atoms with Crippen LogP contribution in [0.25, 0.3) is 0 Å². The van der Waals surface area contributed by atoms with Crippen molar-refractivity contribution in [1.29, 1.82) is 0 Å². The number of nitrogens with zero attached hydrogens (tertiary/aromatic N) is 1. The smallest absolute Gasteiger partial charge is 0.238 e. The van der Waals surface area contributed by atoms with Gasteiger partial charge in [-0.15, -0.1) is 0 Å². The minimum absolute atomic E-state index is 0.00341. The summed E-state index contributed by atoms with van der Waals surface area (Å²) < 4.78 is 0. The molecule has 2 atom stereocenters. The van der Waals surface area contributed by atoms with Gasteiger partial charge in [-0.25, -0.2) is 0 Å². The van der Waals surface area contributed by atoms with E-state index in [1.807, 2.05) is 0 Å². The molecule has 2 heterocycles. The van der Waals surface area contributed by atoms with Crippen LogP contribution in [0.5, 0.6) is 0 Å². The van der Waals surface area contributed by atoms with Gasteiger partial charge < -0.3 is 10.6 Å². The molecule has 1 aromatic carbocycles. The summed E-state index contributed by atoms with van der Waals surface area (Å²) in [5.74, 6) is 1.40. The van der Waals surface area contributed by atoms with Gasteiger partial charge in [-0.2, -0.15) is 0 Å². The summed E-state index contributed by atoms with van der Waals surface area (Å²) in [6.07, 6.45) is 0. The number of likely N-dealkylation sites (tertiary alicyclic amines) is 1. The quantitative estimate of drug-likeness (QED) is 0.898. The predicted molar refractivity (Wildman–Crippen MR) is 81.4 cm³/mol. The van der Waals surface area contributed by atoms with Crippen LogP contribution in [0.4, 0.5) is 5.69 Å². The molecule has 108 valence electrons. The molecule has 0 bridgehead atoms. The summed E-state index contributed by atoms with van der Waals surface area (Å²) in [7, 11) is 0. The maximum atomic E-state index is 12.0.